The highest BCUT2D eigenvalue weighted by atomic mass is 32.2. The molecule has 3 aromatic rings. The van der Waals surface area contributed by atoms with Gasteiger partial charge in [-0.25, -0.2) is 8.42 Å². The molecule has 0 fully saturated rings. The van der Waals surface area contributed by atoms with Crippen molar-refractivity contribution in [2.24, 2.45) is 5.92 Å². The van der Waals surface area contributed by atoms with E-state index in [4.69, 9.17) is 0 Å². The molecule has 7 nitrogen and oxygen atoms in total. The van der Waals surface area contributed by atoms with E-state index in [1.165, 1.54) is 16.4 Å². The van der Waals surface area contributed by atoms with Gasteiger partial charge in [0, 0.05) is 25.2 Å². The van der Waals surface area contributed by atoms with Crippen molar-refractivity contribution in [3.8, 4) is 0 Å². The number of hydrogen-bond donors (Lipinski definition) is 2. The van der Waals surface area contributed by atoms with Crippen LogP contribution in [0.2, 0.25) is 0 Å². The molecule has 0 unspecified atom stereocenters. The molecule has 182 valence electrons. The summed E-state index contributed by atoms with van der Waals surface area (Å²) in [5, 5.41) is 5.61. The molecule has 1 aliphatic heterocycles. The number of para-hydroxylation sites is 1. The van der Waals surface area contributed by atoms with E-state index in [0.717, 1.165) is 11.1 Å². The Kier molecular flexibility index (Phi) is 7.33. The Morgan fingerprint density at radius 3 is 2.40 bits per heavy atom. The Balaban J connectivity index is 1.53. The summed E-state index contributed by atoms with van der Waals surface area (Å²) in [4.78, 5) is 25.7. The maximum atomic E-state index is 13.3. The molecule has 0 aromatic heterocycles. The summed E-state index contributed by atoms with van der Waals surface area (Å²) in [5.41, 5.74) is 3.05. The molecular weight excluding hydrogens is 462 g/mol. The topological polar surface area (TPSA) is 95.6 Å². The average molecular weight is 492 g/mol. The largest absolute Gasteiger partial charge is 0.352 e. The Bertz CT molecular complexity index is 1350. The SMILES string of the molecule is CC(C)CNC(=O)c1ccccc1NC(=O)c1cccc(S(=O)(=O)N2CCc3ccccc3C2)c1. The van der Waals surface area contributed by atoms with Gasteiger partial charge in [-0.1, -0.05) is 56.3 Å². The van der Waals surface area contributed by atoms with E-state index in [1.54, 1.807) is 36.4 Å². The Morgan fingerprint density at radius 1 is 0.914 bits per heavy atom. The lowest BCUT2D eigenvalue weighted by molar-refractivity contribution is 0.0950. The van der Waals surface area contributed by atoms with Gasteiger partial charge in [0.25, 0.3) is 11.8 Å². The van der Waals surface area contributed by atoms with Gasteiger partial charge < -0.3 is 10.6 Å². The lowest BCUT2D eigenvalue weighted by Crippen LogP contribution is -2.36. The predicted octanol–water partition coefficient (Wildman–Crippen LogP) is 4.07. The summed E-state index contributed by atoms with van der Waals surface area (Å²) in [6, 6.07) is 20.6. The van der Waals surface area contributed by atoms with Crippen molar-refractivity contribution in [3.63, 3.8) is 0 Å². The van der Waals surface area contributed by atoms with Crippen LogP contribution in [0.15, 0.2) is 77.7 Å². The monoisotopic (exact) mass is 491 g/mol. The van der Waals surface area contributed by atoms with E-state index >= 15 is 0 Å². The van der Waals surface area contributed by atoms with Crippen molar-refractivity contribution in [1.29, 1.82) is 0 Å². The number of nitrogens with zero attached hydrogens (tertiary/aromatic N) is 1. The summed E-state index contributed by atoms with van der Waals surface area (Å²) >= 11 is 0. The first-order valence-corrected chi connectivity index (χ1v) is 13.1. The standard InChI is InChI=1S/C27H29N3O4S/c1-19(2)17-28-27(32)24-12-5-6-13-25(24)29-26(31)21-10-7-11-23(16-21)35(33,34)30-15-14-20-8-3-4-9-22(20)18-30/h3-13,16,19H,14-15,17-18H2,1-2H3,(H,28,32)(H,29,31). The molecular formula is C27H29N3O4S. The Labute approximate surface area is 206 Å². The summed E-state index contributed by atoms with van der Waals surface area (Å²) in [6.07, 6.45) is 0.644. The fraction of sp³-hybridized carbons (Fsp3) is 0.259. The van der Waals surface area contributed by atoms with Crippen molar-refractivity contribution in [1.82, 2.24) is 9.62 Å². The van der Waals surface area contributed by atoms with Gasteiger partial charge in [0.15, 0.2) is 0 Å². The first-order valence-electron chi connectivity index (χ1n) is 11.6. The minimum Gasteiger partial charge on any atom is -0.352 e. The van der Waals surface area contributed by atoms with Gasteiger partial charge in [0.2, 0.25) is 10.0 Å². The van der Waals surface area contributed by atoms with Crippen LogP contribution in [-0.2, 0) is 23.0 Å². The Morgan fingerprint density at radius 2 is 1.63 bits per heavy atom. The highest BCUT2D eigenvalue weighted by Gasteiger charge is 2.28. The lowest BCUT2D eigenvalue weighted by Gasteiger charge is -2.28. The van der Waals surface area contributed by atoms with Crippen LogP contribution in [-0.4, -0.2) is 37.6 Å². The molecule has 1 heterocycles. The van der Waals surface area contributed by atoms with E-state index in [-0.39, 0.29) is 16.4 Å². The zero-order chi connectivity index (χ0) is 25.0. The second kappa shape index (κ2) is 10.4. The maximum Gasteiger partial charge on any atom is 0.255 e. The molecule has 0 saturated heterocycles. The zero-order valence-corrected chi connectivity index (χ0v) is 20.6. The number of hydrogen-bond acceptors (Lipinski definition) is 4. The third-order valence-electron chi connectivity index (χ3n) is 5.92. The van der Waals surface area contributed by atoms with Crippen LogP contribution < -0.4 is 10.6 Å². The third-order valence-corrected chi connectivity index (χ3v) is 7.76. The summed E-state index contributed by atoms with van der Waals surface area (Å²) in [5.74, 6) is -0.481. The molecule has 4 rings (SSSR count). The number of nitrogens with one attached hydrogen (secondary N) is 2. The molecule has 2 N–H and O–H groups in total. The van der Waals surface area contributed by atoms with Crippen LogP contribution in [0.3, 0.4) is 0 Å². The maximum absolute atomic E-state index is 13.3. The molecule has 0 saturated carbocycles. The zero-order valence-electron chi connectivity index (χ0n) is 19.8. The first kappa shape index (κ1) is 24.6. The highest BCUT2D eigenvalue weighted by Crippen LogP contribution is 2.26. The van der Waals surface area contributed by atoms with Gasteiger partial charge in [-0.3, -0.25) is 9.59 Å². The molecule has 0 bridgehead atoms. The number of benzene rings is 3. The second-order valence-electron chi connectivity index (χ2n) is 8.99. The van der Waals surface area contributed by atoms with Crippen molar-refractivity contribution < 1.29 is 18.0 Å². The Hall–Kier alpha value is -3.49. The molecule has 8 heteroatoms. The molecule has 35 heavy (non-hydrogen) atoms. The fourth-order valence-corrected chi connectivity index (χ4v) is 5.46. The van der Waals surface area contributed by atoms with Gasteiger partial charge in [0.05, 0.1) is 16.1 Å². The van der Waals surface area contributed by atoms with Crippen LogP contribution in [0, 0.1) is 5.92 Å². The van der Waals surface area contributed by atoms with Gasteiger partial charge in [0.1, 0.15) is 0 Å². The summed E-state index contributed by atoms with van der Waals surface area (Å²) < 4.78 is 28.1. The molecule has 0 atom stereocenters. The summed E-state index contributed by atoms with van der Waals surface area (Å²) in [7, 11) is -3.78. The van der Waals surface area contributed by atoms with Gasteiger partial charge >= 0.3 is 0 Å². The molecule has 3 aromatic carbocycles. The van der Waals surface area contributed by atoms with Crippen LogP contribution in [0.4, 0.5) is 5.69 Å². The molecule has 0 aliphatic carbocycles. The van der Waals surface area contributed by atoms with Crippen LogP contribution in [0.1, 0.15) is 45.7 Å². The minimum absolute atomic E-state index is 0.0625. The number of carbonyl (C=O) groups excluding carboxylic acids is 2. The predicted molar refractivity (Wildman–Crippen MR) is 136 cm³/mol. The molecule has 0 radical (unpaired) electrons. The van der Waals surface area contributed by atoms with Crippen LogP contribution >= 0.6 is 0 Å². The normalized spacial score (nSPS) is 13.8. The molecule has 2 amide bonds. The van der Waals surface area contributed by atoms with Gasteiger partial charge in [-0.15, -0.1) is 0 Å². The quantitative estimate of drug-likeness (QED) is 0.521. The van der Waals surface area contributed by atoms with Crippen LogP contribution in [0.5, 0.6) is 0 Å². The lowest BCUT2D eigenvalue weighted by atomic mass is 10.0. The van der Waals surface area contributed by atoms with Gasteiger partial charge in [-0.2, -0.15) is 4.31 Å². The van der Waals surface area contributed by atoms with Crippen molar-refractivity contribution >= 4 is 27.5 Å². The van der Waals surface area contributed by atoms with Gasteiger partial charge in [-0.05, 0) is 53.8 Å². The van der Waals surface area contributed by atoms with Crippen molar-refractivity contribution in [2.75, 3.05) is 18.4 Å². The average Bonchev–Trinajstić information content (AvgIpc) is 2.87. The van der Waals surface area contributed by atoms with E-state index in [1.807, 2.05) is 38.1 Å². The summed E-state index contributed by atoms with van der Waals surface area (Å²) in [6.45, 7) is 5.19. The van der Waals surface area contributed by atoms with E-state index in [0.29, 0.717) is 43.2 Å². The van der Waals surface area contributed by atoms with E-state index in [9.17, 15) is 18.0 Å². The number of carbonyl (C=O) groups is 2. The molecule has 1 aliphatic rings. The number of fused-ring (bicyclic) bond motifs is 1. The number of amides is 2. The minimum atomic E-state index is -3.78. The van der Waals surface area contributed by atoms with E-state index < -0.39 is 15.9 Å². The number of sulfonamides is 1. The first-order chi connectivity index (χ1) is 16.8. The van der Waals surface area contributed by atoms with E-state index in [2.05, 4.69) is 10.6 Å². The highest BCUT2D eigenvalue weighted by molar-refractivity contribution is 7.89. The van der Waals surface area contributed by atoms with Crippen molar-refractivity contribution in [2.45, 2.75) is 31.7 Å². The fourth-order valence-electron chi connectivity index (χ4n) is 4.00. The van der Waals surface area contributed by atoms with Crippen LogP contribution in [0.25, 0.3) is 0 Å². The third kappa shape index (κ3) is 5.61. The smallest absolute Gasteiger partial charge is 0.255 e. The second-order valence-corrected chi connectivity index (χ2v) is 10.9. The number of anilines is 1. The number of rotatable bonds is 7. The molecule has 0 spiro atoms. The van der Waals surface area contributed by atoms with Crippen molar-refractivity contribution in [3.05, 3.63) is 95.1 Å².